The second-order valence-corrected chi connectivity index (χ2v) is 18.7. The van der Waals surface area contributed by atoms with Crippen LogP contribution in [0, 0.1) is 5.82 Å². The monoisotopic (exact) mass is 583 g/mol. The van der Waals surface area contributed by atoms with Gasteiger partial charge in [0.05, 0.1) is 17.1 Å². The molecule has 1 aliphatic rings. The van der Waals surface area contributed by atoms with E-state index in [2.05, 4.69) is 19.6 Å². The smallest absolute Gasteiger partial charge is 0.407 e. The number of nitrogens with zero attached hydrogens (tertiary/aromatic N) is 3. The van der Waals surface area contributed by atoms with Crippen molar-refractivity contribution >= 4 is 41.4 Å². The number of carboxylic acid groups (broad SMARTS) is 1. The van der Waals surface area contributed by atoms with Crippen molar-refractivity contribution in [3.05, 3.63) is 48.3 Å². The van der Waals surface area contributed by atoms with Crippen LogP contribution in [0.2, 0.25) is 25.7 Å². The number of halogens is 1. The van der Waals surface area contributed by atoms with E-state index in [1.54, 1.807) is 58.2 Å². The van der Waals surface area contributed by atoms with Crippen molar-refractivity contribution in [2.45, 2.75) is 65.3 Å². The lowest BCUT2D eigenvalue weighted by Crippen LogP contribution is -2.47. The molecule has 0 radical (unpaired) electrons. The molecule has 1 amide bonds. The highest BCUT2D eigenvalue weighted by atomic mass is 32.2. The molecule has 0 unspecified atom stereocenters. The summed E-state index contributed by atoms with van der Waals surface area (Å²) >= 11 is 0. The molecule has 12 heteroatoms. The molecule has 2 aromatic rings. The summed E-state index contributed by atoms with van der Waals surface area (Å²) in [5.74, 6) is -0.402. The van der Waals surface area contributed by atoms with Gasteiger partial charge in [-0.3, -0.25) is 0 Å². The molecule has 0 saturated carbocycles. The zero-order chi connectivity index (χ0) is 29.6. The summed E-state index contributed by atoms with van der Waals surface area (Å²) < 4.78 is 55.2. The highest BCUT2D eigenvalue weighted by Crippen LogP contribution is 2.48. The third kappa shape index (κ3) is 8.57. The fourth-order valence-corrected chi connectivity index (χ4v) is 6.63. The first-order chi connectivity index (χ1) is 18.0. The highest BCUT2D eigenvalue weighted by molar-refractivity contribution is 7.95. The number of ether oxygens (including phenoxy) is 2. The minimum absolute atomic E-state index is 0.0198. The molecule has 1 heterocycles. The van der Waals surface area contributed by atoms with Crippen LogP contribution in [0.5, 0.6) is 5.75 Å². The third-order valence-corrected chi connectivity index (χ3v) is 9.48. The Kier molecular flexibility index (Phi) is 10.8. The summed E-state index contributed by atoms with van der Waals surface area (Å²) in [4.78, 5) is 11.3. The molecule has 0 spiro atoms. The van der Waals surface area contributed by atoms with Crippen molar-refractivity contribution in [3.63, 3.8) is 0 Å². The average molecular weight is 584 g/mol. The first-order valence-electron chi connectivity index (χ1n) is 12.9. The maximum Gasteiger partial charge on any atom is 0.407 e. The molecule has 0 atom stereocenters. The van der Waals surface area contributed by atoms with Gasteiger partial charge in [0.2, 0.25) is 0 Å². The van der Waals surface area contributed by atoms with Crippen molar-refractivity contribution in [2.75, 3.05) is 35.6 Å². The fourth-order valence-electron chi connectivity index (χ4n) is 3.82. The topological polar surface area (TPSA) is 99.6 Å². The van der Waals surface area contributed by atoms with Gasteiger partial charge in [0.25, 0.3) is 0 Å². The Morgan fingerprint density at radius 2 is 1.69 bits per heavy atom. The minimum Gasteiger partial charge on any atom is -0.467 e. The SMILES string of the molecule is CC(C)(C)N1c2ccccc2N(c2ccc(OCOCC[Si](C)(C)C)cc2F)S1(=O)=O.CCCN(C)C(=O)O. The summed E-state index contributed by atoms with van der Waals surface area (Å²) in [7, 11) is -3.63. The van der Waals surface area contributed by atoms with Crippen molar-refractivity contribution < 1.29 is 32.2 Å². The molecule has 0 fully saturated rings. The van der Waals surface area contributed by atoms with Crippen LogP contribution in [-0.4, -0.2) is 65.1 Å². The van der Waals surface area contributed by atoms with Crippen LogP contribution in [0.4, 0.5) is 26.2 Å². The van der Waals surface area contributed by atoms with Crippen LogP contribution in [-0.2, 0) is 14.9 Å². The second kappa shape index (κ2) is 13.0. The van der Waals surface area contributed by atoms with Crippen LogP contribution in [0.3, 0.4) is 0 Å². The normalized spacial score (nSPS) is 14.4. The molecule has 39 heavy (non-hydrogen) atoms. The van der Waals surface area contributed by atoms with E-state index in [0.717, 1.165) is 16.8 Å². The van der Waals surface area contributed by atoms with E-state index < -0.39 is 35.7 Å². The molecular weight excluding hydrogens is 541 g/mol. The van der Waals surface area contributed by atoms with Gasteiger partial charge in [0.1, 0.15) is 5.75 Å². The Morgan fingerprint density at radius 3 is 2.18 bits per heavy atom. The molecule has 0 saturated heterocycles. The Balaban J connectivity index is 0.000000580. The number of anilines is 3. The molecular formula is C27H42FN3O6SSi. The van der Waals surface area contributed by atoms with E-state index in [9.17, 15) is 13.2 Å². The van der Waals surface area contributed by atoms with Gasteiger partial charge < -0.3 is 19.5 Å². The maximum absolute atomic E-state index is 15.1. The molecule has 1 aliphatic heterocycles. The van der Waals surface area contributed by atoms with Crippen molar-refractivity contribution in [1.82, 2.24) is 4.90 Å². The highest BCUT2D eigenvalue weighted by Gasteiger charge is 2.47. The quantitative estimate of drug-likeness (QED) is 0.205. The molecule has 0 bridgehead atoms. The van der Waals surface area contributed by atoms with Gasteiger partial charge in [-0.1, -0.05) is 38.7 Å². The molecule has 218 valence electrons. The number of benzene rings is 2. The Labute approximate surface area is 233 Å². The zero-order valence-electron chi connectivity index (χ0n) is 24.2. The summed E-state index contributed by atoms with van der Waals surface area (Å²) in [5.41, 5.74) is 0.174. The van der Waals surface area contributed by atoms with E-state index in [1.165, 1.54) is 21.3 Å². The lowest BCUT2D eigenvalue weighted by atomic mass is 10.1. The maximum atomic E-state index is 15.1. The van der Waals surface area contributed by atoms with Gasteiger partial charge in [-0.2, -0.15) is 8.42 Å². The van der Waals surface area contributed by atoms with Gasteiger partial charge >= 0.3 is 16.3 Å². The number of hydrogen-bond acceptors (Lipinski definition) is 5. The molecule has 1 N–H and O–H groups in total. The first kappa shape index (κ1) is 32.4. The Bertz CT molecular complexity index is 1230. The number of carbonyl (C=O) groups is 1. The molecule has 0 aliphatic carbocycles. The van der Waals surface area contributed by atoms with Crippen molar-refractivity contribution in [3.8, 4) is 5.75 Å². The standard InChI is InChI=1S/C22H31FN2O4SSi.C5H11NO2/c1-22(2,3)25-21-10-8-7-9-20(21)24(30(25,26)27)19-12-11-17(15-18(19)23)29-16-28-13-14-31(4,5)6;1-3-4-6(2)5(7)8/h7-12,15H,13-14,16H2,1-6H3;3-4H2,1-2H3,(H,7,8). The Morgan fingerprint density at radius 1 is 1.08 bits per heavy atom. The molecule has 2 aromatic carbocycles. The second-order valence-electron chi connectivity index (χ2n) is 11.5. The van der Waals surface area contributed by atoms with Crippen LogP contribution in [0.15, 0.2) is 42.5 Å². The number of fused-ring (bicyclic) bond motifs is 1. The van der Waals surface area contributed by atoms with Crippen LogP contribution in [0.25, 0.3) is 0 Å². The predicted octanol–water partition coefficient (Wildman–Crippen LogP) is 6.52. The van der Waals surface area contributed by atoms with Crippen molar-refractivity contribution in [1.29, 1.82) is 0 Å². The largest absolute Gasteiger partial charge is 0.467 e. The van der Waals surface area contributed by atoms with Crippen LogP contribution >= 0.6 is 0 Å². The predicted molar refractivity (Wildman–Crippen MR) is 157 cm³/mol. The summed E-state index contributed by atoms with van der Waals surface area (Å²) in [6.45, 7) is 15.4. The Hall–Kier alpha value is -2.83. The number of amides is 1. The van der Waals surface area contributed by atoms with E-state index in [1.807, 2.05) is 6.92 Å². The van der Waals surface area contributed by atoms with Gasteiger partial charge in [0.15, 0.2) is 12.6 Å². The van der Waals surface area contributed by atoms with E-state index in [4.69, 9.17) is 14.6 Å². The summed E-state index contributed by atoms with van der Waals surface area (Å²) in [6, 6.07) is 12.1. The minimum atomic E-state index is -4.01. The third-order valence-electron chi connectivity index (χ3n) is 5.72. The zero-order valence-corrected chi connectivity index (χ0v) is 26.0. The van der Waals surface area contributed by atoms with E-state index >= 15 is 4.39 Å². The van der Waals surface area contributed by atoms with Crippen LogP contribution < -0.4 is 13.3 Å². The summed E-state index contributed by atoms with van der Waals surface area (Å²) in [5, 5.41) is 8.24. The number of hydrogen-bond donors (Lipinski definition) is 1. The first-order valence-corrected chi connectivity index (χ1v) is 18.0. The average Bonchev–Trinajstić information content (AvgIpc) is 3.05. The number of para-hydroxylation sites is 2. The summed E-state index contributed by atoms with van der Waals surface area (Å²) in [6.07, 6.45) is 0.0230. The van der Waals surface area contributed by atoms with Crippen LogP contribution in [0.1, 0.15) is 34.1 Å². The van der Waals surface area contributed by atoms with Gasteiger partial charge in [-0.25, -0.2) is 17.8 Å². The number of rotatable bonds is 9. The van der Waals surface area contributed by atoms with Gasteiger partial charge in [-0.15, -0.1) is 0 Å². The lowest BCUT2D eigenvalue weighted by Gasteiger charge is -2.33. The molecule has 9 nitrogen and oxygen atoms in total. The van der Waals surface area contributed by atoms with E-state index in [-0.39, 0.29) is 18.2 Å². The van der Waals surface area contributed by atoms with Crippen molar-refractivity contribution in [2.24, 2.45) is 0 Å². The van der Waals surface area contributed by atoms with E-state index in [0.29, 0.717) is 24.5 Å². The molecule has 0 aromatic heterocycles. The molecule has 3 rings (SSSR count). The van der Waals surface area contributed by atoms with Gasteiger partial charge in [-0.05, 0) is 57.5 Å². The fraction of sp³-hybridized carbons (Fsp3) is 0.519. The lowest BCUT2D eigenvalue weighted by molar-refractivity contribution is 0.0219. The van der Waals surface area contributed by atoms with Gasteiger partial charge in [0, 0.05) is 39.9 Å².